The van der Waals surface area contributed by atoms with Gasteiger partial charge in [-0.15, -0.1) is 0 Å². The van der Waals surface area contributed by atoms with Gasteiger partial charge in [-0.25, -0.2) is 4.39 Å². The molecular formula is C18H20FN3. The molecule has 0 bridgehead atoms. The Hall–Kier alpha value is -2.20. The molecular weight excluding hydrogens is 277 g/mol. The van der Waals surface area contributed by atoms with E-state index in [1.807, 2.05) is 25.3 Å². The summed E-state index contributed by atoms with van der Waals surface area (Å²) in [6.45, 7) is 2.69. The van der Waals surface area contributed by atoms with Gasteiger partial charge in [-0.1, -0.05) is 6.07 Å². The minimum Gasteiger partial charge on any atom is -0.353 e. The lowest BCUT2D eigenvalue weighted by Crippen LogP contribution is -1.99. The van der Waals surface area contributed by atoms with E-state index in [2.05, 4.69) is 9.97 Å². The van der Waals surface area contributed by atoms with Crippen molar-refractivity contribution in [3.05, 3.63) is 53.5 Å². The van der Waals surface area contributed by atoms with E-state index >= 15 is 0 Å². The van der Waals surface area contributed by atoms with Gasteiger partial charge in [0, 0.05) is 17.1 Å². The van der Waals surface area contributed by atoms with Gasteiger partial charge >= 0.3 is 0 Å². The number of unbranched alkanes of at least 4 members (excludes halogenated alkanes) is 1. The third-order valence-corrected chi connectivity index (χ3v) is 3.92. The first kappa shape index (κ1) is 14.7. The third kappa shape index (κ3) is 2.88. The summed E-state index contributed by atoms with van der Waals surface area (Å²) in [7, 11) is 0. The lowest BCUT2D eigenvalue weighted by Gasteiger charge is -2.05. The number of hydrogen-bond donors (Lipinski definition) is 2. The van der Waals surface area contributed by atoms with Gasteiger partial charge in [-0.2, -0.15) is 0 Å². The molecule has 0 amide bonds. The minimum absolute atomic E-state index is 0.213. The highest BCUT2D eigenvalue weighted by Gasteiger charge is 2.14. The minimum atomic E-state index is -0.213. The Balaban J connectivity index is 2.10. The monoisotopic (exact) mass is 297 g/mol. The zero-order chi connectivity index (χ0) is 15.5. The largest absolute Gasteiger partial charge is 0.353 e. The number of aryl methyl sites for hydroxylation is 2. The number of halogens is 1. The van der Waals surface area contributed by atoms with Crippen LogP contribution < -0.4 is 5.73 Å². The smallest absolute Gasteiger partial charge is 0.123 e. The summed E-state index contributed by atoms with van der Waals surface area (Å²) in [5.74, 6) is -0.213. The topological polar surface area (TPSA) is 54.7 Å². The lowest BCUT2D eigenvalue weighted by atomic mass is 10.0. The zero-order valence-corrected chi connectivity index (χ0v) is 12.7. The summed E-state index contributed by atoms with van der Waals surface area (Å²) < 4.78 is 13.6. The van der Waals surface area contributed by atoms with Gasteiger partial charge in [-0.3, -0.25) is 4.98 Å². The summed E-state index contributed by atoms with van der Waals surface area (Å²) >= 11 is 0. The molecule has 0 saturated heterocycles. The predicted octanol–water partition coefficient (Wildman–Crippen LogP) is 3.96. The average Bonchev–Trinajstić information content (AvgIpc) is 2.86. The molecule has 22 heavy (non-hydrogen) atoms. The maximum absolute atomic E-state index is 13.6. The van der Waals surface area contributed by atoms with Crippen molar-refractivity contribution in [1.29, 1.82) is 0 Å². The van der Waals surface area contributed by atoms with Gasteiger partial charge in [0.2, 0.25) is 0 Å². The van der Waals surface area contributed by atoms with E-state index in [4.69, 9.17) is 5.73 Å². The first-order valence-electron chi connectivity index (χ1n) is 7.62. The summed E-state index contributed by atoms with van der Waals surface area (Å²) in [5.41, 5.74) is 10.7. The van der Waals surface area contributed by atoms with Crippen LogP contribution in [0.5, 0.6) is 0 Å². The maximum Gasteiger partial charge on any atom is 0.123 e. The van der Waals surface area contributed by atoms with Gasteiger partial charge in [0.25, 0.3) is 0 Å². The van der Waals surface area contributed by atoms with Gasteiger partial charge in [0.15, 0.2) is 0 Å². The fourth-order valence-electron chi connectivity index (χ4n) is 2.76. The molecule has 3 aromatic rings. The summed E-state index contributed by atoms with van der Waals surface area (Å²) in [5, 5.41) is 0.939. The molecule has 114 valence electrons. The van der Waals surface area contributed by atoms with Crippen molar-refractivity contribution in [3.63, 3.8) is 0 Å². The quantitative estimate of drug-likeness (QED) is 0.700. The van der Waals surface area contributed by atoms with E-state index in [-0.39, 0.29) is 5.82 Å². The molecule has 4 heteroatoms. The Morgan fingerprint density at radius 2 is 2.05 bits per heavy atom. The van der Waals surface area contributed by atoms with Crippen LogP contribution in [-0.4, -0.2) is 16.5 Å². The lowest BCUT2D eigenvalue weighted by molar-refractivity contribution is 0.629. The van der Waals surface area contributed by atoms with Crippen LogP contribution in [-0.2, 0) is 6.42 Å². The van der Waals surface area contributed by atoms with Crippen LogP contribution in [0.3, 0.4) is 0 Å². The van der Waals surface area contributed by atoms with E-state index in [0.29, 0.717) is 6.54 Å². The molecule has 0 saturated carbocycles. The number of nitrogens with one attached hydrogen (secondary N) is 1. The van der Waals surface area contributed by atoms with Crippen LogP contribution in [0.1, 0.15) is 24.0 Å². The molecule has 0 fully saturated rings. The van der Waals surface area contributed by atoms with Crippen LogP contribution >= 0.6 is 0 Å². The molecule has 2 heterocycles. The number of rotatable bonds is 5. The Bertz CT molecular complexity index is 775. The Labute approximate surface area is 129 Å². The van der Waals surface area contributed by atoms with Crippen molar-refractivity contribution in [2.24, 2.45) is 5.73 Å². The summed E-state index contributed by atoms with van der Waals surface area (Å²) in [6.07, 6.45) is 4.66. The third-order valence-electron chi connectivity index (χ3n) is 3.92. The number of pyridine rings is 1. The molecule has 0 spiro atoms. The zero-order valence-electron chi connectivity index (χ0n) is 12.7. The first-order valence-corrected chi connectivity index (χ1v) is 7.62. The van der Waals surface area contributed by atoms with Crippen LogP contribution in [0.2, 0.25) is 0 Å². The van der Waals surface area contributed by atoms with Gasteiger partial charge in [-0.05, 0) is 68.1 Å². The van der Waals surface area contributed by atoms with Gasteiger partial charge < -0.3 is 10.7 Å². The number of H-pyrrole nitrogens is 1. The van der Waals surface area contributed by atoms with Crippen molar-refractivity contribution in [3.8, 4) is 11.4 Å². The SMILES string of the molecule is Cc1ccc(-c2[nH]c3ccc(F)cc3c2CCCCN)nc1. The van der Waals surface area contributed by atoms with E-state index in [1.165, 1.54) is 6.07 Å². The maximum atomic E-state index is 13.6. The molecule has 0 aliphatic carbocycles. The second-order valence-corrected chi connectivity index (χ2v) is 5.64. The molecule has 0 unspecified atom stereocenters. The van der Waals surface area contributed by atoms with E-state index < -0.39 is 0 Å². The highest BCUT2D eigenvalue weighted by molar-refractivity contribution is 5.90. The number of nitrogens with zero attached hydrogens (tertiary/aromatic N) is 1. The molecule has 0 aliphatic heterocycles. The molecule has 0 aliphatic rings. The first-order chi connectivity index (χ1) is 10.7. The number of benzene rings is 1. The highest BCUT2D eigenvalue weighted by Crippen LogP contribution is 2.31. The predicted molar refractivity (Wildman–Crippen MR) is 88.2 cm³/mol. The standard InChI is InChI=1S/C18H20FN3/c1-12-5-7-17(21-11-12)18-14(4-2-3-9-20)15-10-13(19)6-8-16(15)22-18/h5-8,10-11,22H,2-4,9,20H2,1H3. The number of hydrogen-bond acceptors (Lipinski definition) is 2. The van der Waals surface area contributed by atoms with Crippen molar-refractivity contribution in [2.75, 3.05) is 6.54 Å². The van der Waals surface area contributed by atoms with Crippen molar-refractivity contribution in [1.82, 2.24) is 9.97 Å². The number of nitrogens with two attached hydrogens (primary N) is 1. The Morgan fingerprint density at radius 3 is 2.77 bits per heavy atom. The fraction of sp³-hybridized carbons (Fsp3) is 0.278. The Morgan fingerprint density at radius 1 is 1.18 bits per heavy atom. The number of fused-ring (bicyclic) bond motifs is 1. The van der Waals surface area contributed by atoms with E-state index in [9.17, 15) is 4.39 Å². The van der Waals surface area contributed by atoms with Crippen molar-refractivity contribution >= 4 is 10.9 Å². The molecule has 2 aromatic heterocycles. The second kappa shape index (κ2) is 6.28. The summed E-state index contributed by atoms with van der Waals surface area (Å²) in [4.78, 5) is 7.90. The van der Waals surface area contributed by atoms with Crippen LogP contribution in [0.15, 0.2) is 36.5 Å². The fourth-order valence-corrected chi connectivity index (χ4v) is 2.76. The van der Waals surface area contributed by atoms with Crippen LogP contribution in [0.25, 0.3) is 22.3 Å². The Kier molecular flexibility index (Phi) is 4.20. The summed E-state index contributed by atoms with van der Waals surface area (Å²) in [6, 6.07) is 8.91. The molecule has 1 aromatic carbocycles. The van der Waals surface area contributed by atoms with E-state index in [1.54, 1.807) is 12.1 Å². The van der Waals surface area contributed by atoms with Crippen molar-refractivity contribution in [2.45, 2.75) is 26.2 Å². The van der Waals surface area contributed by atoms with E-state index in [0.717, 1.165) is 52.7 Å². The van der Waals surface area contributed by atoms with Crippen LogP contribution in [0, 0.1) is 12.7 Å². The number of aromatic amines is 1. The van der Waals surface area contributed by atoms with Gasteiger partial charge in [0.1, 0.15) is 5.82 Å². The van der Waals surface area contributed by atoms with Crippen LogP contribution in [0.4, 0.5) is 4.39 Å². The molecule has 3 nitrogen and oxygen atoms in total. The highest BCUT2D eigenvalue weighted by atomic mass is 19.1. The number of aromatic nitrogens is 2. The molecule has 0 atom stereocenters. The second-order valence-electron chi connectivity index (χ2n) is 5.64. The van der Waals surface area contributed by atoms with Gasteiger partial charge in [0.05, 0.1) is 11.4 Å². The molecule has 0 radical (unpaired) electrons. The average molecular weight is 297 g/mol. The normalized spacial score (nSPS) is 11.2. The molecule has 3 rings (SSSR count). The van der Waals surface area contributed by atoms with Crippen molar-refractivity contribution < 1.29 is 4.39 Å². The molecule has 3 N–H and O–H groups in total.